The third kappa shape index (κ3) is 4.22. The van der Waals surface area contributed by atoms with Crippen molar-refractivity contribution < 1.29 is 18.7 Å². The van der Waals surface area contributed by atoms with Crippen molar-refractivity contribution in [2.75, 3.05) is 19.6 Å². The molecule has 28 heavy (non-hydrogen) atoms. The molecule has 0 spiro atoms. The fourth-order valence-electron chi connectivity index (χ4n) is 3.99. The molecule has 9 heteroatoms. The van der Waals surface area contributed by atoms with Crippen molar-refractivity contribution in [1.82, 2.24) is 20.4 Å². The molecule has 1 aromatic carbocycles. The molecule has 2 aromatic rings. The Hall–Kier alpha value is -1.93. The topological polar surface area (TPSA) is 81.2 Å². The van der Waals surface area contributed by atoms with E-state index >= 15 is 0 Å². The van der Waals surface area contributed by atoms with E-state index in [0.717, 1.165) is 10.9 Å². The van der Waals surface area contributed by atoms with Crippen molar-refractivity contribution in [2.24, 2.45) is 11.3 Å². The average Bonchev–Trinajstić information content (AvgIpc) is 3.13. The van der Waals surface area contributed by atoms with E-state index in [1.54, 1.807) is 23.2 Å². The summed E-state index contributed by atoms with van der Waals surface area (Å²) in [7, 11) is 0. The number of amides is 2. The second-order valence-electron chi connectivity index (χ2n) is 7.89. The number of rotatable bonds is 5. The number of fused-ring (bicyclic) bond motifs is 1. The number of carbonyl (C=O) groups is 1. The first kappa shape index (κ1) is 20.8. The van der Waals surface area contributed by atoms with Gasteiger partial charge in [-0.15, -0.1) is 0 Å². The lowest BCUT2D eigenvalue weighted by atomic mass is 9.68. The van der Waals surface area contributed by atoms with Gasteiger partial charge in [0.25, 0.3) is 6.43 Å². The van der Waals surface area contributed by atoms with E-state index in [9.17, 15) is 18.7 Å². The number of aliphatic hydroxyl groups is 1. The van der Waals surface area contributed by atoms with Crippen molar-refractivity contribution in [1.29, 1.82) is 0 Å². The molecule has 2 heterocycles. The smallest absolute Gasteiger partial charge is 0.317 e. The number of halogens is 3. The minimum atomic E-state index is -2.56. The van der Waals surface area contributed by atoms with Gasteiger partial charge in [0.2, 0.25) is 0 Å². The molecule has 154 valence electrons. The number of urea groups is 1. The summed E-state index contributed by atoms with van der Waals surface area (Å²) in [5.74, 6) is 0.151. The molecule has 1 aliphatic rings. The van der Waals surface area contributed by atoms with Gasteiger partial charge in [-0.2, -0.15) is 5.10 Å². The van der Waals surface area contributed by atoms with Gasteiger partial charge in [0.15, 0.2) is 0 Å². The Morgan fingerprint density at radius 2 is 2.11 bits per heavy atom. The number of benzene rings is 1. The zero-order valence-corrected chi connectivity index (χ0v) is 16.6. The molecule has 3 N–H and O–H groups in total. The highest BCUT2D eigenvalue weighted by Crippen LogP contribution is 2.46. The van der Waals surface area contributed by atoms with Crippen LogP contribution in [-0.2, 0) is 0 Å². The number of aliphatic hydroxyl groups excluding tert-OH is 1. The standard InChI is InChI=1S/C19H25ClF2N4O2/c1-19(2,12-3-5-26(6-4-12)18(28)23-10-15(21)22)17(27)14-8-13(20)7-11-9-24-25-16(11)14/h7-9,12,15,17,27H,3-6,10H2,1-2H3,(H,23,28)(H,24,25)/t17-/m1/s1. The molecule has 0 radical (unpaired) electrons. The Kier molecular flexibility index (Phi) is 6.09. The van der Waals surface area contributed by atoms with E-state index in [2.05, 4.69) is 15.5 Å². The van der Waals surface area contributed by atoms with Crippen LogP contribution < -0.4 is 5.32 Å². The van der Waals surface area contributed by atoms with E-state index in [4.69, 9.17) is 11.6 Å². The van der Waals surface area contributed by atoms with Gasteiger partial charge in [-0.05, 0) is 36.3 Å². The number of aromatic amines is 1. The predicted octanol–water partition coefficient (Wildman–Crippen LogP) is 3.96. The van der Waals surface area contributed by atoms with Crippen LogP contribution in [0.25, 0.3) is 10.9 Å². The van der Waals surface area contributed by atoms with Crippen LogP contribution in [0, 0.1) is 11.3 Å². The van der Waals surface area contributed by atoms with Crippen LogP contribution in [0.15, 0.2) is 18.3 Å². The molecule has 0 bridgehead atoms. The molecule has 1 atom stereocenters. The number of nitrogens with one attached hydrogen (secondary N) is 2. The number of nitrogens with zero attached hydrogens (tertiary/aromatic N) is 2. The lowest BCUT2D eigenvalue weighted by Crippen LogP contribution is -2.48. The van der Waals surface area contributed by atoms with Gasteiger partial charge in [0.05, 0.1) is 24.4 Å². The lowest BCUT2D eigenvalue weighted by Gasteiger charge is -2.43. The molecule has 0 aliphatic carbocycles. The van der Waals surface area contributed by atoms with Gasteiger partial charge in [-0.3, -0.25) is 5.10 Å². The third-order valence-electron chi connectivity index (χ3n) is 5.79. The normalized spacial score (nSPS) is 17.3. The van der Waals surface area contributed by atoms with Gasteiger partial charge < -0.3 is 15.3 Å². The third-order valence-corrected chi connectivity index (χ3v) is 6.00. The molecular formula is C19H25ClF2N4O2. The van der Waals surface area contributed by atoms with Gasteiger partial charge in [0.1, 0.15) is 0 Å². The molecule has 2 amide bonds. The molecule has 6 nitrogen and oxygen atoms in total. The molecule has 0 saturated carbocycles. The van der Waals surface area contributed by atoms with E-state index < -0.39 is 30.5 Å². The minimum absolute atomic E-state index is 0.151. The second-order valence-corrected chi connectivity index (χ2v) is 8.33. The molecule has 1 aromatic heterocycles. The van der Waals surface area contributed by atoms with Crippen molar-refractivity contribution >= 4 is 28.5 Å². The number of carbonyl (C=O) groups excluding carboxylic acids is 1. The van der Waals surface area contributed by atoms with Crippen molar-refractivity contribution in [3.63, 3.8) is 0 Å². The summed E-state index contributed by atoms with van der Waals surface area (Å²) in [4.78, 5) is 13.5. The summed E-state index contributed by atoms with van der Waals surface area (Å²) in [6.45, 7) is 4.28. The average molecular weight is 415 g/mol. The maximum atomic E-state index is 12.3. The number of alkyl halides is 2. The van der Waals surface area contributed by atoms with Gasteiger partial charge in [-0.25, -0.2) is 13.6 Å². The summed E-state index contributed by atoms with van der Waals surface area (Å²) in [6.07, 6.45) is -0.315. The van der Waals surface area contributed by atoms with Crippen molar-refractivity contribution in [2.45, 2.75) is 39.2 Å². The van der Waals surface area contributed by atoms with Gasteiger partial charge >= 0.3 is 6.03 Å². The summed E-state index contributed by atoms with van der Waals surface area (Å²) < 4.78 is 24.5. The first-order valence-electron chi connectivity index (χ1n) is 9.31. The predicted molar refractivity (Wildman–Crippen MR) is 104 cm³/mol. The van der Waals surface area contributed by atoms with Crippen LogP contribution in [0.5, 0.6) is 0 Å². The van der Waals surface area contributed by atoms with Crippen LogP contribution in [0.2, 0.25) is 5.02 Å². The molecule has 1 aliphatic heterocycles. The van der Waals surface area contributed by atoms with Crippen molar-refractivity contribution in [3.05, 3.63) is 28.9 Å². The first-order valence-corrected chi connectivity index (χ1v) is 9.69. The highest BCUT2D eigenvalue weighted by molar-refractivity contribution is 6.31. The molecule has 0 unspecified atom stereocenters. The SMILES string of the molecule is CC(C)(C1CCN(C(=O)NCC(F)F)CC1)[C@H](O)c1cc(Cl)cc2cn[nH]c12. The molecule has 3 rings (SSSR count). The van der Waals surface area contributed by atoms with Gasteiger partial charge in [0, 0.05) is 29.1 Å². The maximum absolute atomic E-state index is 12.3. The zero-order valence-electron chi connectivity index (χ0n) is 15.9. The monoisotopic (exact) mass is 414 g/mol. The van der Waals surface area contributed by atoms with Crippen LogP contribution >= 0.6 is 11.6 Å². The Morgan fingerprint density at radius 1 is 1.43 bits per heavy atom. The number of aromatic nitrogens is 2. The van der Waals surface area contributed by atoms with E-state index in [0.29, 0.717) is 36.5 Å². The van der Waals surface area contributed by atoms with Crippen LogP contribution in [-0.4, -0.2) is 52.3 Å². The highest BCUT2D eigenvalue weighted by Gasteiger charge is 2.40. The first-order chi connectivity index (χ1) is 13.2. The lowest BCUT2D eigenvalue weighted by molar-refractivity contribution is -0.0144. The van der Waals surface area contributed by atoms with Crippen LogP contribution in [0.3, 0.4) is 0 Å². The number of H-pyrrole nitrogens is 1. The maximum Gasteiger partial charge on any atom is 0.317 e. The number of hydrogen-bond acceptors (Lipinski definition) is 3. The quantitative estimate of drug-likeness (QED) is 0.692. The summed E-state index contributed by atoms with van der Waals surface area (Å²) >= 11 is 6.21. The second kappa shape index (κ2) is 8.21. The Labute approximate surface area is 167 Å². The van der Waals surface area contributed by atoms with E-state index in [-0.39, 0.29) is 5.92 Å². The summed E-state index contributed by atoms with van der Waals surface area (Å²) in [6, 6.07) is 3.08. The summed E-state index contributed by atoms with van der Waals surface area (Å²) in [5.41, 5.74) is 0.977. The number of piperidine rings is 1. The van der Waals surface area contributed by atoms with Gasteiger partial charge in [-0.1, -0.05) is 25.4 Å². The zero-order chi connectivity index (χ0) is 20.5. The van der Waals surface area contributed by atoms with E-state index in [1.165, 1.54) is 0 Å². The Bertz CT molecular complexity index is 834. The van der Waals surface area contributed by atoms with Crippen LogP contribution in [0.4, 0.5) is 13.6 Å². The number of likely N-dealkylation sites (tertiary alicyclic amines) is 1. The molecule has 1 fully saturated rings. The molecular weight excluding hydrogens is 390 g/mol. The number of hydrogen-bond donors (Lipinski definition) is 3. The van der Waals surface area contributed by atoms with Crippen LogP contribution in [0.1, 0.15) is 38.4 Å². The highest BCUT2D eigenvalue weighted by atomic mass is 35.5. The largest absolute Gasteiger partial charge is 0.388 e. The Balaban J connectivity index is 1.69. The fraction of sp³-hybridized carbons (Fsp3) is 0.579. The minimum Gasteiger partial charge on any atom is -0.388 e. The van der Waals surface area contributed by atoms with Crippen molar-refractivity contribution in [3.8, 4) is 0 Å². The Morgan fingerprint density at radius 3 is 2.75 bits per heavy atom. The molecule has 1 saturated heterocycles. The van der Waals surface area contributed by atoms with E-state index in [1.807, 2.05) is 13.8 Å². The fourth-order valence-corrected chi connectivity index (χ4v) is 4.22. The summed E-state index contributed by atoms with van der Waals surface area (Å²) in [5, 5.41) is 21.8.